The van der Waals surface area contributed by atoms with Crippen molar-refractivity contribution in [2.45, 2.75) is 45.6 Å². The Morgan fingerprint density at radius 1 is 1.30 bits per heavy atom. The van der Waals surface area contributed by atoms with Gasteiger partial charge in [0.1, 0.15) is 0 Å². The molecule has 0 aliphatic heterocycles. The Bertz CT molecular complexity index is 492. The standard InChI is InChI=1S/C17H23NO2/c1-4-12-17(2,3)18-16(20)15-10-8-14(9-11-15)7-5-6-13-19/h8-11,19H,4,6,12-13H2,1-3H3,(H,18,20). The first kappa shape index (κ1) is 16.3. The zero-order chi connectivity index (χ0) is 15.0. The molecular weight excluding hydrogens is 250 g/mol. The lowest BCUT2D eigenvalue weighted by molar-refractivity contribution is 0.0909. The number of benzene rings is 1. The molecule has 1 rings (SSSR count). The van der Waals surface area contributed by atoms with Crippen LogP contribution in [0.25, 0.3) is 0 Å². The molecule has 0 saturated heterocycles. The van der Waals surface area contributed by atoms with Crippen molar-refractivity contribution in [2.24, 2.45) is 0 Å². The number of amides is 1. The molecule has 1 aromatic carbocycles. The lowest BCUT2D eigenvalue weighted by atomic mass is 9.98. The molecule has 0 unspecified atom stereocenters. The highest BCUT2D eigenvalue weighted by Gasteiger charge is 2.19. The van der Waals surface area contributed by atoms with Gasteiger partial charge in [-0.05, 0) is 44.5 Å². The average molecular weight is 273 g/mol. The van der Waals surface area contributed by atoms with E-state index in [0.717, 1.165) is 18.4 Å². The molecule has 0 bridgehead atoms. The third-order valence-corrected chi connectivity index (χ3v) is 2.94. The number of aliphatic hydroxyl groups excluding tert-OH is 1. The van der Waals surface area contributed by atoms with Crippen LogP contribution in [0.15, 0.2) is 24.3 Å². The van der Waals surface area contributed by atoms with Gasteiger partial charge in [-0.3, -0.25) is 4.79 Å². The Kier molecular flexibility index (Phi) is 6.27. The fourth-order valence-electron chi connectivity index (χ4n) is 1.99. The lowest BCUT2D eigenvalue weighted by Crippen LogP contribution is -2.43. The van der Waals surface area contributed by atoms with Gasteiger partial charge < -0.3 is 10.4 Å². The molecule has 0 radical (unpaired) electrons. The predicted octanol–water partition coefficient (Wildman–Crippen LogP) is 2.73. The van der Waals surface area contributed by atoms with E-state index in [4.69, 9.17) is 5.11 Å². The third-order valence-electron chi connectivity index (χ3n) is 2.94. The van der Waals surface area contributed by atoms with Crippen molar-refractivity contribution in [2.75, 3.05) is 6.61 Å². The van der Waals surface area contributed by atoms with Gasteiger partial charge in [-0.25, -0.2) is 0 Å². The van der Waals surface area contributed by atoms with Crippen LogP contribution in [0.3, 0.4) is 0 Å². The Morgan fingerprint density at radius 3 is 2.50 bits per heavy atom. The van der Waals surface area contributed by atoms with E-state index in [1.165, 1.54) is 0 Å². The fraction of sp³-hybridized carbons (Fsp3) is 0.471. The minimum atomic E-state index is -0.189. The average Bonchev–Trinajstić information content (AvgIpc) is 2.39. The SMILES string of the molecule is CCCC(C)(C)NC(=O)c1ccc(C#CCCO)cc1. The molecule has 1 amide bonds. The largest absolute Gasteiger partial charge is 0.395 e. The zero-order valence-electron chi connectivity index (χ0n) is 12.5. The van der Waals surface area contributed by atoms with Gasteiger partial charge in [-0.1, -0.05) is 25.2 Å². The maximum absolute atomic E-state index is 12.1. The molecule has 0 heterocycles. The Hall–Kier alpha value is -1.79. The van der Waals surface area contributed by atoms with E-state index in [9.17, 15) is 4.79 Å². The lowest BCUT2D eigenvalue weighted by Gasteiger charge is -2.25. The summed E-state index contributed by atoms with van der Waals surface area (Å²) in [7, 11) is 0. The number of nitrogens with one attached hydrogen (secondary N) is 1. The Morgan fingerprint density at radius 2 is 1.95 bits per heavy atom. The van der Waals surface area contributed by atoms with Crippen LogP contribution in [-0.4, -0.2) is 23.2 Å². The summed E-state index contributed by atoms with van der Waals surface area (Å²) < 4.78 is 0. The number of rotatable bonds is 5. The van der Waals surface area contributed by atoms with E-state index in [0.29, 0.717) is 12.0 Å². The molecule has 0 aliphatic rings. The topological polar surface area (TPSA) is 49.3 Å². The molecule has 0 aromatic heterocycles. The quantitative estimate of drug-likeness (QED) is 0.810. The highest BCUT2D eigenvalue weighted by Crippen LogP contribution is 2.12. The van der Waals surface area contributed by atoms with E-state index < -0.39 is 0 Å². The van der Waals surface area contributed by atoms with E-state index in [1.807, 2.05) is 26.0 Å². The van der Waals surface area contributed by atoms with Crippen LogP contribution in [0.5, 0.6) is 0 Å². The summed E-state index contributed by atoms with van der Waals surface area (Å²) in [6, 6.07) is 7.21. The second-order valence-corrected chi connectivity index (χ2v) is 5.44. The third kappa shape index (κ3) is 5.46. The van der Waals surface area contributed by atoms with Crippen LogP contribution in [0.4, 0.5) is 0 Å². The van der Waals surface area contributed by atoms with Gasteiger partial charge in [0.2, 0.25) is 0 Å². The van der Waals surface area contributed by atoms with Crippen molar-refractivity contribution < 1.29 is 9.90 Å². The molecule has 3 heteroatoms. The molecule has 0 aliphatic carbocycles. The Labute approximate surface area is 121 Å². The second kappa shape index (κ2) is 7.72. The van der Waals surface area contributed by atoms with Crippen molar-refractivity contribution in [1.29, 1.82) is 0 Å². The monoisotopic (exact) mass is 273 g/mol. The summed E-state index contributed by atoms with van der Waals surface area (Å²) >= 11 is 0. The molecule has 0 saturated carbocycles. The summed E-state index contributed by atoms with van der Waals surface area (Å²) in [4.78, 5) is 12.1. The summed E-state index contributed by atoms with van der Waals surface area (Å²) in [5.74, 6) is 5.74. The normalized spacial score (nSPS) is 10.6. The number of hydrogen-bond acceptors (Lipinski definition) is 2. The molecule has 0 atom stereocenters. The van der Waals surface area contributed by atoms with Gasteiger partial charge in [-0.15, -0.1) is 0 Å². The summed E-state index contributed by atoms with van der Waals surface area (Å²) in [5.41, 5.74) is 1.30. The molecular formula is C17H23NO2. The molecule has 20 heavy (non-hydrogen) atoms. The fourth-order valence-corrected chi connectivity index (χ4v) is 1.99. The van der Waals surface area contributed by atoms with Crippen LogP contribution in [-0.2, 0) is 0 Å². The van der Waals surface area contributed by atoms with Crippen molar-refractivity contribution in [3.8, 4) is 11.8 Å². The maximum Gasteiger partial charge on any atom is 0.251 e. The Balaban J connectivity index is 2.69. The van der Waals surface area contributed by atoms with Crippen molar-refractivity contribution >= 4 is 5.91 Å². The van der Waals surface area contributed by atoms with Crippen LogP contribution in [0, 0.1) is 11.8 Å². The molecule has 0 spiro atoms. The van der Waals surface area contributed by atoms with Crippen LogP contribution < -0.4 is 5.32 Å². The molecule has 108 valence electrons. The molecule has 0 fully saturated rings. The highest BCUT2D eigenvalue weighted by atomic mass is 16.2. The summed E-state index contributed by atoms with van der Waals surface area (Å²) in [6.07, 6.45) is 2.45. The van der Waals surface area contributed by atoms with Crippen LogP contribution >= 0.6 is 0 Å². The highest BCUT2D eigenvalue weighted by molar-refractivity contribution is 5.94. The second-order valence-electron chi connectivity index (χ2n) is 5.44. The number of aliphatic hydroxyl groups is 1. The number of hydrogen-bond donors (Lipinski definition) is 2. The van der Waals surface area contributed by atoms with Gasteiger partial charge in [0.15, 0.2) is 0 Å². The van der Waals surface area contributed by atoms with Crippen molar-refractivity contribution in [3.63, 3.8) is 0 Å². The molecule has 2 N–H and O–H groups in total. The molecule has 3 nitrogen and oxygen atoms in total. The van der Waals surface area contributed by atoms with Gasteiger partial charge in [-0.2, -0.15) is 0 Å². The van der Waals surface area contributed by atoms with Crippen molar-refractivity contribution in [1.82, 2.24) is 5.32 Å². The van der Waals surface area contributed by atoms with E-state index in [-0.39, 0.29) is 18.1 Å². The minimum absolute atomic E-state index is 0.0571. The maximum atomic E-state index is 12.1. The van der Waals surface area contributed by atoms with Crippen LogP contribution in [0.2, 0.25) is 0 Å². The first-order valence-corrected chi connectivity index (χ1v) is 7.01. The first-order valence-electron chi connectivity index (χ1n) is 7.01. The van der Waals surface area contributed by atoms with Crippen LogP contribution in [0.1, 0.15) is 56.0 Å². The van der Waals surface area contributed by atoms with Gasteiger partial charge in [0, 0.05) is 23.1 Å². The van der Waals surface area contributed by atoms with E-state index >= 15 is 0 Å². The van der Waals surface area contributed by atoms with E-state index in [2.05, 4.69) is 24.1 Å². The molecule has 1 aromatic rings. The number of carbonyl (C=O) groups is 1. The zero-order valence-corrected chi connectivity index (χ0v) is 12.5. The number of carbonyl (C=O) groups excluding carboxylic acids is 1. The van der Waals surface area contributed by atoms with Gasteiger partial charge in [0.05, 0.1) is 6.61 Å². The predicted molar refractivity (Wildman–Crippen MR) is 81.5 cm³/mol. The summed E-state index contributed by atoms with van der Waals surface area (Å²) in [5, 5.41) is 11.7. The van der Waals surface area contributed by atoms with E-state index in [1.54, 1.807) is 12.1 Å². The van der Waals surface area contributed by atoms with Crippen molar-refractivity contribution in [3.05, 3.63) is 35.4 Å². The smallest absolute Gasteiger partial charge is 0.251 e. The minimum Gasteiger partial charge on any atom is -0.395 e. The van der Waals surface area contributed by atoms with Gasteiger partial charge >= 0.3 is 0 Å². The first-order chi connectivity index (χ1) is 9.48. The van der Waals surface area contributed by atoms with Gasteiger partial charge in [0.25, 0.3) is 5.91 Å². The summed E-state index contributed by atoms with van der Waals surface area (Å²) in [6.45, 7) is 6.24.